The molecule has 2 rings (SSSR count). The van der Waals surface area contributed by atoms with Crippen molar-refractivity contribution < 1.29 is 9.31 Å². The Morgan fingerprint density at radius 1 is 1.31 bits per heavy atom. The van der Waals surface area contributed by atoms with Crippen molar-refractivity contribution in [2.24, 2.45) is 0 Å². The van der Waals surface area contributed by atoms with Crippen LogP contribution >= 0.6 is 0 Å². The summed E-state index contributed by atoms with van der Waals surface area (Å²) in [5.74, 6) is -0.531. The summed E-state index contributed by atoms with van der Waals surface area (Å²) in [4.78, 5) is 9.78. The Bertz CT molecular complexity index is 328. The Morgan fingerprint density at radius 2 is 1.92 bits per heavy atom. The van der Waals surface area contributed by atoms with Gasteiger partial charge in [0.15, 0.2) is 6.17 Å². The van der Waals surface area contributed by atoms with E-state index in [-0.39, 0.29) is 0 Å². The second kappa shape index (κ2) is 2.80. The Balaban J connectivity index is 2.18. The molecule has 1 fully saturated rings. The van der Waals surface area contributed by atoms with Gasteiger partial charge < -0.3 is 0 Å². The maximum atomic E-state index is 12.9. The lowest BCUT2D eigenvalue weighted by atomic mass is 10.1. The van der Waals surface area contributed by atoms with E-state index in [0.29, 0.717) is 0 Å². The molecule has 0 N–H and O–H groups in total. The Morgan fingerprint density at radius 3 is 2.38 bits per heavy atom. The first-order valence-electron chi connectivity index (χ1n) is 4.04. The van der Waals surface area contributed by atoms with Crippen LogP contribution in [0.15, 0.2) is 30.3 Å². The molecule has 0 unspecified atom stereocenters. The third kappa shape index (κ3) is 1.28. The molecule has 0 heterocycles. The minimum absolute atomic E-state index is 0.531. The molecule has 68 valence electrons. The first-order chi connectivity index (χ1) is 6.22. The molecule has 3 nitrogen and oxygen atoms in total. The van der Waals surface area contributed by atoms with Crippen LogP contribution in [0.1, 0.15) is 11.5 Å². The van der Waals surface area contributed by atoms with Crippen LogP contribution in [0.2, 0.25) is 0 Å². The monoisotopic (exact) mass is 181 g/mol. The van der Waals surface area contributed by atoms with Gasteiger partial charge in [-0.25, -0.2) is 4.39 Å². The summed E-state index contributed by atoms with van der Waals surface area (Å²) in [6.45, 7) is 0. The lowest BCUT2D eigenvalue weighted by molar-refractivity contribution is -0.499. The number of rotatable bonds is 2. The molecule has 0 amide bonds. The Hall–Kier alpha value is -1.45. The zero-order valence-corrected chi connectivity index (χ0v) is 6.76. The highest BCUT2D eigenvalue weighted by molar-refractivity contribution is 5.30. The standard InChI is InChI=1S/C9H8FNO2/c10-8-7(9(8)11(12)13)6-4-2-1-3-5-6/h1-5,7-9H/t7-,8-,9+/m1/s1. The fraction of sp³-hybridized carbons (Fsp3) is 0.333. The van der Waals surface area contributed by atoms with Gasteiger partial charge >= 0.3 is 0 Å². The van der Waals surface area contributed by atoms with Crippen molar-refractivity contribution in [1.29, 1.82) is 0 Å². The van der Waals surface area contributed by atoms with Gasteiger partial charge in [-0.3, -0.25) is 10.1 Å². The highest BCUT2D eigenvalue weighted by Crippen LogP contribution is 2.45. The Kier molecular flexibility index (Phi) is 1.76. The molecule has 1 aliphatic rings. The average Bonchev–Trinajstić information content (AvgIpc) is 2.79. The van der Waals surface area contributed by atoms with Gasteiger partial charge in [0.1, 0.15) is 0 Å². The summed E-state index contributed by atoms with van der Waals surface area (Å²) in [6, 6.07) is 7.75. The smallest absolute Gasteiger partial charge is 0.254 e. The predicted molar refractivity (Wildman–Crippen MR) is 44.9 cm³/mol. The van der Waals surface area contributed by atoms with E-state index in [2.05, 4.69) is 0 Å². The molecule has 1 saturated carbocycles. The van der Waals surface area contributed by atoms with Crippen LogP contribution in [0.25, 0.3) is 0 Å². The predicted octanol–water partition coefficient (Wildman–Crippen LogP) is 1.77. The zero-order chi connectivity index (χ0) is 9.42. The fourth-order valence-electron chi connectivity index (χ4n) is 1.56. The van der Waals surface area contributed by atoms with E-state index < -0.39 is 23.1 Å². The Labute approximate surface area is 74.3 Å². The number of hydrogen-bond donors (Lipinski definition) is 0. The number of hydrogen-bond acceptors (Lipinski definition) is 2. The third-order valence-corrected chi connectivity index (χ3v) is 2.32. The van der Waals surface area contributed by atoms with Crippen molar-refractivity contribution in [3.05, 3.63) is 46.0 Å². The third-order valence-electron chi connectivity index (χ3n) is 2.32. The van der Waals surface area contributed by atoms with E-state index in [1.165, 1.54) is 0 Å². The molecule has 0 radical (unpaired) electrons. The second-order valence-corrected chi connectivity index (χ2v) is 3.16. The van der Waals surface area contributed by atoms with E-state index in [1.54, 1.807) is 30.3 Å². The number of nitrogens with zero attached hydrogens (tertiary/aromatic N) is 1. The van der Waals surface area contributed by atoms with Gasteiger partial charge in [-0.1, -0.05) is 30.3 Å². The highest BCUT2D eigenvalue weighted by atomic mass is 19.1. The van der Waals surface area contributed by atoms with Gasteiger partial charge in [-0.05, 0) is 5.56 Å². The molecule has 1 aromatic rings. The molecule has 0 bridgehead atoms. The maximum Gasteiger partial charge on any atom is 0.254 e. The quantitative estimate of drug-likeness (QED) is 0.515. The SMILES string of the molecule is O=[N+]([O-])[C@@H]1[C@H](F)[C@H]1c1ccccc1. The topological polar surface area (TPSA) is 43.1 Å². The largest absolute Gasteiger partial charge is 0.264 e. The summed E-state index contributed by atoms with van der Waals surface area (Å²) >= 11 is 0. The van der Waals surface area contributed by atoms with Crippen LogP contribution in [0.3, 0.4) is 0 Å². The minimum atomic E-state index is -1.31. The summed E-state index contributed by atoms with van der Waals surface area (Å²) in [7, 11) is 0. The van der Waals surface area contributed by atoms with Crippen LogP contribution in [-0.4, -0.2) is 17.1 Å². The van der Waals surface area contributed by atoms with Gasteiger partial charge in [0, 0.05) is 4.92 Å². The molecule has 0 saturated heterocycles. The summed E-state index contributed by atoms with van der Waals surface area (Å²) in [5, 5.41) is 10.3. The maximum absolute atomic E-state index is 12.9. The van der Waals surface area contributed by atoms with Crippen molar-refractivity contribution in [1.82, 2.24) is 0 Å². The van der Waals surface area contributed by atoms with Crippen LogP contribution < -0.4 is 0 Å². The van der Waals surface area contributed by atoms with Crippen LogP contribution in [-0.2, 0) is 0 Å². The van der Waals surface area contributed by atoms with E-state index >= 15 is 0 Å². The van der Waals surface area contributed by atoms with Gasteiger partial charge in [0.2, 0.25) is 0 Å². The fourth-order valence-corrected chi connectivity index (χ4v) is 1.56. The van der Waals surface area contributed by atoms with Gasteiger partial charge in [0.05, 0.1) is 5.92 Å². The number of nitro groups is 1. The van der Waals surface area contributed by atoms with E-state index in [0.717, 1.165) is 5.56 Å². The van der Waals surface area contributed by atoms with Crippen LogP contribution in [0, 0.1) is 10.1 Å². The zero-order valence-electron chi connectivity index (χ0n) is 6.76. The van der Waals surface area contributed by atoms with Crippen molar-refractivity contribution in [2.75, 3.05) is 0 Å². The molecule has 0 aliphatic heterocycles. The van der Waals surface area contributed by atoms with Gasteiger partial charge in [-0.15, -0.1) is 0 Å². The summed E-state index contributed by atoms with van der Waals surface area (Å²) < 4.78 is 12.9. The molecule has 3 atom stereocenters. The lowest BCUT2D eigenvalue weighted by Gasteiger charge is -1.93. The van der Waals surface area contributed by atoms with Crippen molar-refractivity contribution in [3.63, 3.8) is 0 Å². The molecule has 4 heteroatoms. The molecule has 13 heavy (non-hydrogen) atoms. The average molecular weight is 181 g/mol. The second-order valence-electron chi connectivity index (χ2n) is 3.16. The van der Waals surface area contributed by atoms with E-state index in [4.69, 9.17) is 0 Å². The molecule has 0 aromatic heterocycles. The number of alkyl halides is 1. The first kappa shape index (κ1) is 8.16. The molecular formula is C9H8FNO2. The first-order valence-corrected chi connectivity index (χ1v) is 4.04. The van der Waals surface area contributed by atoms with E-state index in [1.807, 2.05) is 0 Å². The normalized spacial score (nSPS) is 31.3. The lowest BCUT2D eigenvalue weighted by Crippen LogP contribution is -2.04. The molecule has 1 aromatic carbocycles. The van der Waals surface area contributed by atoms with Crippen LogP contribution in [0.4, 0.5) is 4.39 Å². The summed E-state index contributed by atoms with van der Waals surface area (Å²) in [6.07, 6.45) is -1.31. The summed E-state index contributed by atoms with van der Waals surface area (Å²) in [5.41, 5.74) is 0.719. The number of benzene rings is 1. The van der Waals surface area contributed by atoms with Crippen molar-refractivity contribution in [2.45, 2.75) is 18.1 Å². The van der Waals surface area contributed by atoms with Crippen LogP contribution in [0.5, 0.6) is 0 Å². The van der Waals surface area contributed by atoms with E-state index in [9.17, 15) is 14.5 Å². The highest BCUT2D eigenvalue weighted by Gasteiger charge is 2.62. The number of halogens is 1. The van der Waals surface area contributed by atoms with Crippen molar-refractivity contribution in [3.8, 4) is 0 Å². The van der Waals surface area contributed by atoms with Crippen molar-refractivity contribution >= 4 is 0 Å². The minimum Gasteiger partial charge on any atom is -0.264 e. The molecule has 0 spiro atoms. The molecular weight excluding hydrogens is 173 g/mol. The van der Waals surface area contributed by atoms with Gasteiger partial charge in [0.25, 0.3) is 6.04 Å². The van der Waals surface area contributed by atoms with Gasteiger partial charge in [-0.2, -0.15) is 0 Å². The molecule has 1 aliphatic carbocycles.